The van der Waals surface area contributed by atoms with Crippen LogP contribution in [0.1, 0.15) is 17.7 Å². The average molecular weight is 276 g/mol. The fraction of sp³-hybridized carbons (Fsp3) is 0.400. The van der Waals surface area contributed by atoms with E-state index in [1.54, 1.807) is 0 Å². The molecule has 0 fully saturated rings. The molecule has 0 aliphatic carbocycles. The fourth-order valence-electron chi connectivity index (χ4n) is 1.38. The van der Waals surface area contributed by atoms with E-state index in [4.69, 9.17) is 4.74 Å². The second kappa shape index (κ2) is 6.03. The second-order valence-corrected chi connectivity index (χ2v) is 3.36. The Labute approximate surface area is 106 Å². The van der Waals surface area contributed by atoms with Crippen molar-refractivity contribution >= 4 is 11.7 Å². The largest absolute Gasteiger partial charge is 0.481 e. The number of aromatic nitrogens is 1. The topological polar surface area (TPSA) is 91.6 Å². The number of methoxy groups -OCH3 is 2. The fourth-order valence-corrected chi connectivity index (χ4v) is 1.38. The number of hydrogen-bond donors (Lipinski definition) is 0. The van der Waals surface area contributed by atoms with Crippen molar-refractivity contribution in [3.8, 4) is 5.88 Å². The Balaban J connectivity index is 3.40. The van der Waals surface area contributed by atoms with Crippen LogP contribution in [0, 0.1) is 10.1 Å². The molecule has 0 spiro atoms. The SMILES string of the molecule is COC(=O)Cc1c([N+](=O)[O-])cc(C(F)F)nc1OC. The zero-order valence-electron chi connectivity index (χ0n) is 10.1. The van der Waals surface area contributed by atoms with Crippen LogP contribution in [-0.4, -0.2) is 30.1 Å². The van der Waals surface area contributed by atoms with E-state index in [2.05, 4.69) is 9.72 Å². The zero-order valence-corrected chi connectivity index (χ0v) is 10.1. The zero-order chi connectivity index (χ0) is 14.6. The lowest BCUT2D eigenvalue weighted by atomic mass is 10.1. The Hall–Kier alpha value is -2.32. The highest BCUT2D eigenvalue weighted by Crippen LogP contribution is 2.31. The van der Waals surface area contributed by atoms with E-state index in [0.29, 0.717) is 6.07 Å². The van der Waals surface area contributed by atoms with E-state index < -0.39 is 41.0 Å². The molecule has 0 aromatic carbocycles. The van der Waals surface area contributed by atoms with Crippen molar-refractivity contribution in [3.63, 3.8) is 0 Å². The smallest absolute Gasteiger partial charge is 0.310 e. The predicted molar refractivity (Wildman–Crippen MR) is 58.1 cm³/mol. The highest BCUT2D eigenvalue weighted by atomic mass is 19.3. The number of nitrogens with zero attached hydrogens (tertiary/aromatic N) is 2. The molecule has 1 aromatic rings. The molecule has 0 amide bonds. The Morgan fingerprint density at radius 3 is 2.58 bits per heavy atom. The van der Waals surface area contributed by atoms with E-state index in [-0.39, 0.29) is 5.56 Å². The van der Waals surface area contributed by atoms with Crippen LogP contribution in [0.2, 0.25) is 0 Å². The van der Waals surface area contributed by atoms with Gasteiger partial charge in [0.05, 0.1) is 25.6 Å². The molecule has 0 N–H and O–H groups in total. The van der Waals surface area contributed by atoms with Crippen LogP contribution in [0.15, 0.2) is 6.07 Å². The Morgan fingerprint density at radius 1 is 1.53 bits per heavy atom. The van der Waals surface area contributed by atoms with Crippen molar-refractivity contribution in [2.45, 2.75) is 12.8 Å². The molecule has 0 saturated heterocycles. The first-order chi connectivity index (χ1) is 8.90. The quantitative estimate of drug-likeness (QED) is 0.461. The van der Waals surface area contributed by atoms with Gasteiger partial charge in [0.1, 0.15) is 11.3 Å². The molecular weight excluding hydrogens is 266 g/mol. The second-order valence-electron chi connectivity index (χ2n) is 3.36. The summed E-state index contributed by atoms with van der Waals surface area (Å²) >= 11 is 0. The number of esters is 1. The van der Waals surface area contributed by atoms with Gasteiger partial charge in [-0.3, -0.25) is 14.9 Å². The third-order valence-corrected chi connectivity index (χ3v) is 2.25. The molecular formula is C10H10F2N2O5. The number of carbonyl (C=O) groups excluding carboxylic acids is 1. The van der Waals surface area contributed by atoms with Crippen LogP contribution in [0.4, 0.5) is 14.5 Å². The van der Waals surface area contributed by atoms with Gasteiger partial charge in [0.15, 0.2) is 0 Å². The normalized spacial score (nSPS) is 10.4. The first-order valence-corrected chi connectivity index (χ1v) is 4.97. The van der Waals surface area contributed by atoms with E-state index in [1.807, 2.05) is 0 Å². The van der Waals surface area contributed by atoms with Crippen molar-refractivity contribution in [3.05, 3.63) is 27.4 Å². The highest BCUT2D eigenvalue weighted by Gasteiger charge is 2.26. The van der Waals surface area contributed by atoms with Crippen LogP contribution >= 0.6 is 0 Å². The summed E-state index contributed by atoms with van der Waals surface area (Å²) in [6, 6.07) is 0.617. The van der Waals surface area contributed by atoms with Crippen molar-refractivity contribution in [2.24, 2.45) is 0 Å². The number of hydrogen-bond acceptors (Lipinski definition) is 6. The van der Waals surface area contributed by atoms with Crippen LogP contribution in [0.25, 0.3) is 0 Å². The summed E-state index contributed by atoms with van der Waals surface area (Å²) in [5.74, 6) is -1.16. The third kappa shape index (κ3) is 3.33. The molecule has 1 aromatic heterocycles. The molecule has 0 bridgehead atoms. The minimum absolute atomic E-state index is 0.205. The molecule has 1 heterocycles. The Morgan fingerprint density at radius 2 is 2.16 bits per heavy atom. The summed E-state index contributed by atoms with van der Waals surface area (Å²) in [4.78, 5) is 24.6. The van der Waals surface area contributed by atoms with Gasteiger partial charge in [-0.05, 0) is 0 Å². The van der Waals surface area contributed by atoms with Gasteiger partial charge in [0, 0.05) is 6.07 Å². The Kier molecular flexibility index (Phi) is 4.67. The number of nitro groups is 1. The van der Waals surface area contributed by atoms with Crippen LogP contribution < -0.4 is 4.74 Å². The average Bonchev–Trinajstić information content (AvgIpc) is 2.37. The number of alkyl halides is 2. The van der Waals surface area contributed by atoms with Gasteiger partial charge < -0.3 is 9.47 Å². The summed E-state index contributed by atoms with van der Waals surface area (Å²) in [5.41, 5.74) is -1.66. The lowest BCUT2D eigenvalue weighted by Gasteiger charge is -2.09. The molecule has 0 saturated carbocycles. The summed E-state index contributed by atoms with van der Waals surface area (Å²) < 4.78 is 34.2. The number of pyridine rings is 1. The summed E-state index contributed by atoms with van der Waals surface area (Å²) in [6.07, 6.45) is -3.48. The van der Waals surface area contributed by atoms with E-state index in [1.165, 1.54) is 0 Å². The maximum absolute atomic E-state index is 12.6. The molecule has 0 atom stereocenters. The third-order valence-electron chi connectivity index (χ3n) is 2.25. The van der Waals surface area contributed by atoms with E-state index in [0.717, 1.165) is 14.2 Å². The van der Waals surface area contributed by atoms with Gasteiger partial charge in [-0.25, -0.2) is 13.8 Å². The van der Waals surface area contributed by atoms with Gasteiger partial charge in [-0.15, -0.1) is 0 Å². The standard InChI is InChI=1S/C10H10F2N2O5/c1-18-8(15)3-5-7(14(16)17)4-6(9(11)12)13-10(5)19-2/h4,9H,3H2,1-2H3. The van der Waals surface area contributed by atoms with Gasteiger partial charge in [0.25, 0.3) is 12.1 Å². The lowest BCUT2D eigenvalue weighted by Crippen LogP contribution is -2.10. The van der Waals surface area contributed by atoms with Gasteiger partial charge in [-0.2, -0.15) is 0 Å². The molecule has 19 heavy (non-hydrogen) atoms. The van der Waals surface area contributed by atoms with Crippen molar-refractivity contribution in [1.29, 1.82) is 0 Å². The molecule has 0 aliphatic rings. The summed E-state index contributed by atoms with van der Waals surface area (Å²) in [7, 11) is 2.21. The van der Waals surface area contributed by atoms with Crippen LogP contribution in [0.5, 0.6) is 5.88 Å². The number of ether oxygens (including phenoxy) is 2. The molecule has 9 heteroatoms. The minimum atomic E-state index is -2.99. The Bertz CT molecular complexity index is 507. The molecule has 1 rings (SSSR count). The van der Waals surface area contributed by atoms with Gasteiger partial charge in [-0.1, -0.05) is 0 Å². The van der Waals surface area contributed by atoms with Gasteiger partial charge in [0.2, 0.25) is 5.88 Å². The number of rotatable bonds is 5. The molecule has 0 radical (unpaired) electrons. The molecule has 104 valence electrons. The number of carbonyl (C=O) groups is 1. The molecule has 0 unspecified atom stereocenters. The molecule has 7 nitrogen and oxygen atoms in total. The minimum Gasteiger partial charge on any atom is -0.481 e. The summed E-state index contributed by atoms with van der Waals surface area (Å²) in [5, 5.41) is 10.9. The maximum atomic E-state index is 12.6. The predicted octanol–water partition coefficient (Wildman–Crippen LogP) is 1.65. The van der Waals surface area contributed by atoms with E-state index in [9.17, 15) is 23.7 Å². The first kappa shape index (κ1) is 14.7. The van der Waals surface area contributed by atoms with E-state index >= 15 is 0 Å². The highest BCUT2D eigenvalue weighted by molar-refractivity contribution is 5.75. The summed E-state index contributed by atoms with van der Waals surface area (Å²) in [6.45, 7) is 0. The number of halogens is 2. The van der Waals surface area contributed by atoms with Crippen molar-refractivity contribution < 1.29 is 28.0 Å². The van der Waals surface area contributed by atoms with Crippen molar-refractivity contribution in [2.75, 3.05) is 14.2 Å². The molecule has 0 aliphatic heterocycles. The van der Waals surface area contributed by atoms with Gasteiger partial charge >= 0.3 is 5.97 Å². The maximum Gasteiger partial charge on any atom is 0.310 e. The lowest BCUT2D eigenvalue weighted by molar-refractivity contribution is -0.385. The van der Waals surface area contributed by atoms with Crippen molar-refractivity contribution in [1.82, 2.24) is 4.98 Å². The van der Waals surface area contributed by atoms with Crippen LogP contribution in [-0.2, 0) is 16.0 Å². The monoisotopic (exact) mass is 276 g/mol. The first-order valence-electron chi connectivity index (χ1n) is 4.97. The van der Waals surface area contributed by atoms with Crippen LogP contribution in [0.3, 0.4) is 0 Å².